The summed E-state index contributed by atoms with van der Waals surface area (Å²) in [4.78, 5) is 24.9. The van der Waals surface area contributed by atoms with Gasteiger partial charge in [0.2, 0.25) is 5.28 Å². The average Bonchev–Trinajstić information content (AvgIpc) is 3.24. The van der Waals surface area contributed by atoms with E-state index in [9.17, 15) is 4.79 Å². The highest BCUT2D eigenvalue weighted by Gasteiger charge is 2.39. The zero-order valence-electron chi connectivity index (χ0n) is 15.8. The standard InChI is InChI=1S/C18H23ClN6O3/c1-27-18(26)23-6-4-11(5-7-23)25-16-14(8-20-25)15(21-17(19)22-16)24-12-2-3-13(24)10-28-9-12/h8,11-13H,2-7,9-10H2,1H3/t12-,13+. The molecule has 1 amide bonds. The van der Waals surface area contributed by atoms with Crippen LogP contribution in [0.25, 0.3) is 11.0 Å². The van der Waals surface area contributed by atoms with Gasteiger partial charge in [-0.2, -0.15) is 15.1 Å². The van der Waals surface area contributed by atoms with Crippen molar-refractivity contribution >= 4 is 34.5 Å². The van der Waals surface area contributed by atoms with Crippen LogP contribution in [0.1, 0.15) is 31.7 Å². The van der Waals surface area contributed by atoms with E-state index in [1.54, 1.807) is 4.90 Å². The van der Waals surface area contributed by atoms with E-state index in [2.05, 4.69) is 20.0 Å². The van der Waals surface area contributed by atoms with Crippen molar-refractivity contribution in [1.82, 2.24) is 24.6 Å². The Balaban J connectivity index is 1.46. The minimum absolute atomic E-state index is 0.165. The Morgan fingerprint density at radius 1 is 1.14 bits per heavy atom. The van der Waals surface area contributed by atoms with Crippen molar-refractivity contribution in [3.8, 4) is 0 Å². The zero-order valence-corrected chi connectivity index (χ0v) is 16.5. The lowest BCUT2D eigenvalue weighted by atomic mass is 10.1. The first kappa shape index (κ1) is 17.9. The number of halogens is 1. The number of anilines is 1. The molecule has 28 heavy (non-hydrogen) atoms. The number of hydrogen-bond donors (Lipinski definition) is 0. The summed E-state index contributed by atoms with van der Waals surface area (Å²) < 4.78 is 12.5. The van der Waals surface area contributed by atoms with E-state index >= 15 is 0 Å². The zero-order chi connectivity index (χ0) is 19.3. The van der Waals surface area contributed by atoms with Crippen molar-refractivity contribution in [1.29, 1.82) is 0 Å². The van der Waals surface area contributed by atoms with Crippen LogP contribution in [-0.4, -0.2) is 76.2 Å². The first-order chi connectivity index (χ1) is 13.7. The molecule has 5 rings (SSSR count). The van der Waals surface area contributed by atoms with Crippen LogP contribution in [0.5, 0.6) is 0 Å². The molecule has 0 spiro atoms. The van der Waals surface area contributed by atoms with Gasteiger partial charge in [-0.25, -0.2) is 9.48 Å². The molecule has 3 fully saturated rings. The molecule has 3 aliphatic heterocycles. The molecule has 0 aliphatic carbocycles. The van der Waals surface area contributed by atoms with E-state index in [1.807, 2.05) is 10.9 Å². The van der Waals surface area contributed by atoms with Crippen LogP contribution < -0.4 is 4.90 Å². The normalized spacial score (nSPS) is 25.5. The van der Waals surface area contributed by atoms with Gasteiger partial charge in [-0.3, -0.25) is 0 Å². The Morgan fingerprint density at radius 2 is 1.86 bits per heavy atom. The molecule has 2 aromatic rings. The summed E-state index contributed by atoms with van der Waals surface area (Å²) >= 11 is 6.32. The topological polar surface area (TPSA) is 85.6 Å². The molecule has 10 heteroatoms. The van der Waals surface area contributed by atoms with Gasteiger partial charge in [0.15, 0.2) is 5.65 Å². The summed E-state index contributed by atoms with van der Waals surface area (Å²) in [7, 11) is 1.41. The number of aromatic nitrogens is 4. The van der Waals surface area contributed by atoms with Gasteiger partial charge < -0.3 is 19.3 Å². The summed E-state index contributed by atoms with van der Waals surface area (Å²) in [5.41, 5.74) is 0.761. The molecule has 0 radical (unpaired) electrons. The van der Waals surface area contributed by atoms with Gasteiger partial charge in [0.1, 0.15) is 5.82 Å². The molecule has 5 heterocycles. The quantitative estimate of drug-likeness (QED) is 0.707. The third-order valence-corrected chi connectivity index (χ3v) is 6.30. The summed E-state index contributed by atoms with van der Waals surface area (Å²) in [6.45, 7) is 2.72. The monoisotopic (exact) mass is 406 g/mol. The molecule has 9 nitrogen and oxygen atoms in total. The number of nitrogens with zero attached hydrogens (tertiary/aromatic N) is 6. The predicted molar refractivity (Wildman–Crippen MR) is 103 cm³/mol. The van der Waals surface area contributed by atoms with Crippen molar-refractivity contribution in [3.05, 3.63) is 11.5 Å². The maximum Gasteiger partial charge on any atom is 0.409 e. The lowest BCUT2D eigenvalue weighted by molar-refractivity contribution is 0.0903. The highest BCUT2D eigenvalue weighted by atomic mass is 35.5. The van der Waals surface area contributed by atoms with Crippen molar-refractivity contribution < 1.29 is 14.3 Å². The lowest BCUT2D eigenvalue weighted by Gasteiger charge is -2.36. The van der Waals surface area contributed by atoms with E-state index in [-0.39, 0.29) is 17.4 Å². The number of carbonyl (C=O) groups is 1. The molecule has 3 aliphatic rings. The van der Waals surface area contributed by atoms with E-state index in [4.69, 9.17) is 21.1 Å². The van der Waals surface area contributed by atoms with Crippen LogP contribution in [0.4, 0.5) is 10.6 Å². The highest BCUT2D eigenvalue weighted by molar-refractivity contribution is 6.28. The van der Waals surface area contributed by atoms with Gasteiger partial charge in [-0.1, -0.05) is 0 Å². The fraction of sp³-hybridized carbons (Fsp3) is 0.667. The minimum Gasteiger partial charge on any atom is -0.453 e. The van der Waals surface area contributed by atoms with Gasteiger partial charge in [-0.15, -0.1) is 0 Å². The van der Waals surface area contributed by atoms with Crippen molar-refractivity contribution in [3.63, 3.8) is 0 Å². The summed E-state index contributed by atoms with van der Waals surface area (Å²) in [6.07, 6.45) is 5.38. The first-order valence-electron chi connectivity index (χ1n) is 9.75. The Bertz CT molecular complexity index is 881. The van der Waals surface area contributed by atoms with Gasteiger partial charge in [-0.05, 0) is 37.3 Å². The van der Waals surface area contributed by atoms with Crippen LogP contribution in [0, 0.1) is 0 Å². The van der Waals surface area contributed by atoms with Crippen molar-refractivity contribution in [2.24, 2.45) is 0 Å². The molecular formula is C18H23ClN6O3. The summed E-state index contributed by atoms with van der Waals surface area (Å²) in [5, 5.41) is 5.81. The highest BCUT2D eigenvalue weighted by Crippen LogP contribution is 2.37. The molecule has 0 aromatic carbocycles. The minimum atomic E-state index is -0.278. The molecule has 3 saturated heterocycles. The number of piperidine rings is 1. The van der Waals surface area contributed by atoms with Crippen LogP contribution in [0.3, 0.4) is 0 Å². The van der Waals surface area contributed by atoms with Gasteiger partial charge in [0.05, 0.1) is 50.0 Å². The third kappa shape index (κ3) is 2.88. The van der Waals surface area contributed by atoms with Crippen molar-refractivity contribution in [2.75, 3.05) is 38.3 Å². The molecule has 0 unspecified atom stereocenters. The van der Waals surface area contributed by atoms with Crippen LogP contribution in [-0.2, 0) is 9.47 Å². The maximum absolute atomic E-state index is 11.7. The number of amides is 1. The van der Waals surface area contributed by atoms with E-state index in [0.717, 1.165) is 55.7 Å². The van der Waals surface area contributed by atoms with E-state index in [0.29, 0.717) is 25.2 Å². The van der Waals surface area contributed by atoms with Crippen LogP contribution >= 0.6 is 11.6 Å². The van der Waals surface area contributed by atoms with Crippen LogP contribution in [0.15, 0.2) is 6.20 Å². The fourth-order valence-corrected chi connectivity index (χ4v) is 4.91. The summed E-state index contributed by atoms with van der Waals surface area (Å²) in [5.74, 6) is 0.865. The smallest absolute Gasteiger partial charge is 0.409 e. The fourth-order valence-electron chi connectivity index (χ4n) is 4.75. The molecule has 150 valence electrons. The second-order valence-electron chi connectivity index (χ2n) is 7.66. The number of likely N-dealkylation sites (tertiary alicyclic amines) is 1. The number of hydrogen-bond acceptors (Lipinski definition) is 7. The SMILES string of the molecule is COC(=O)N1CCC(n2ncc3c(N4[C@@H]5CC[C@H]4COC5)nc(Cl)nc32)CC1. The predicted octanol–water partition coefficient (Wildman–Crippen LogP) is 2.25. The Labute approximate surface area is 167 Å². The van der Waals surface area contributed by atoms with Gasteiger partial charge in [0, 0.05) is 13.1 Å². The lowest BCUT2D eigenvalue weighted by Crippen LogP contribution is -2.46. The van der Waals surface area contributed by atoms with Crippen LogP contribution in [0.2, 0.25) is 5.28 Å². The second kappa shape index (κ2) is 7.04. The summed E-state index contributed by atoms with van der Waals surface area (Å²) in [6, 6.07) is 0.831. The number of methoxy groups -OCH3 is 1. The molecule has 2 bridgehead atoms. The number of ether oxygens (including phenoxy) is 2. The molecular weight excluding hydrogens is 384 g/mol. The molecule has 2 aromatic heterocycles. The number of rotatable bonds is 2. The van der Waals surface area contributed by atoms with E-state index in [1.165, 1.54) is 7.11 Å². The third-order valence-electron chi connectivity index (χ3n) is 6.13. The molecule has 0 saturated carbocycles. The Hall–Kier alpha value is -2.13. The van der Waals surface area contributed by atoms with Gasteiger partial charge >= 0.3 is 6.09 Å². The maximum atomic E-state index is 11.7. The van der Waals surface area contributed by atoms with Gasteiger partial charge in [0.25, 0.3) is 0 Å². The number of fused-ring (bicyclic) bond motifs is 3. The first-order valence-corrected chi connectivity index (χ1v) is 10.1. The van der Waals surface area contributed by atoms with E-state index < -0.39 is 0 Å². The average molecular weight is 407 g/mol. The second-order valence-corrected chi connectivity index (χ2v) is 8.00. The molecule has 2 atom stereocenters. The Morgan fingerprint density at radius 3 is 2.54 bits per heavy atom. The van der Waals surface area contributed by atoms with Crippen molar-refractivity contribution in [2.45, 2.75) is 43.8 Å². The number of carbonyl (C=O) groups excluding carboxylic acids is 1. The largest absolute Gasteiger partial charge is 0.453 e. The Kier molecular flexibility index (Phi) is 4.51. The number of morpholine rings is 1. The molecule has 0 N–H and O–H groups in total.